The first kappa shape index (κ1) is 17.7. The SMILES string of the molecule is CN1CCC(N(c2cn[nH]c2)c2ccc3oc(C4NC(=O)NC4=O)cc3n2)CC1. The summed E-state index contributed by atoms with van der Waals surface area (Å²) in [6.07, 6.45) is 5.70. The van der Waals surface area contributed by atoms with E-state index in [4.69, 9.17) is 9.40 Å². The molecule has 0 radical (unpaired) electrons. The van der Waals surface area contributed by atoms with Crippen LogP contribution in [0.3, 0.4) is 0 Å². The van der Waals surface area contributed by atoms with Crippen molar-refractivity contribution in [2.45, 2.75) is 24.9 Å². The van der Waals surface area contributed by atoms with E-state index < -0.39 is 18.0 Å². The fourth-order valence-electron chi connectivity index (χ4n) is 3.98. The molecule has 0 bridgehead atoms. The van der Waals surface area contributed by atoms with Gasteiger partial charge in [0.1, 0.15) is 17.1 Å². The number of urea groups is 1. The van der Waals surface area contributed by atoms with Crippen molar-refractivity contribution in [3.05, 3.63) is 36.4 Å². The first-order chi connectivity index (χ1) is 14.1. The van der Waals surface area contributed by atoms with Gasteiger partial charge in [-0.1, -0.05) is 0 Å². The van der Waals surface area contributed by atoms with Gasteiger partial charge in [0.25, 0.3) is 5.91 Å². The molecule has 3 N–H and O–H groups in total. The van der Waals surface area contributed by atoms with Gasteiger partial charge < -0.3 is 19.5 Å². The van der Waals surface area contributed by atoms with Gasteiger partial charge in [-0.25, -0.2) is 9.78 Å². The second kappa shape index (κ2) is 6.89. The molecule has 2 saturated heterocycles. The molecule has 0 saturated carbocycles. The summed E-state index contributed by atoms with van der Waals surface area (Å²) in [6.45, 7) is 2.04. The highest BCUT2D eigenvalue weighted by molar-refractivity contribution is 6.04. The molecule has 10 nitrogen and oxygen atoms in total. The number of nitrogens with zero attached hydrogens (tertiary/aromatic N) is 4. The lowest BCUT2D eigenvalue weighted by Crippen LogP contribution is -2.41. The highest BCUT2D eigenvalue weighted by Crippen LogP contribution is 2.32. The number of carbonyl (C=O) groups is 2. The molecule has 2 fully saturated rings. The zero-order valence-corrected chi connectivity index (χ0v) is 15.9. The van der Waals surface area contributed by atoms with E-state index in [0.717, 1.165) is 37.4 Å². The molecule has 1 atom stereocenters. The number of pyridine rings is 1. The minimum Gasteiger partial charge on any atom is -0.457 e. The number of hydrogen-bond donors (Lipinski definition) is 3. The lowest BCUT2D eigenvalue weighted by molar-refractivity contribution is -0.120. The standard InChI is InChI=1S/C19H21N7O3/c1-25-6-4-11(5-7-25)26(12-9-20-21-10-12)16-3-2-14-13(22-16)8-15(29-14)17-18(27)24-19(28)23-17/h2-3,8-11,17H,4-7H2,1H3,(H,20,21)(H2,23,24,27,28). The number of likely N-dealkylation sites (tertiary alicyclic amines) is 1. The van der Waals surface area contributed by atoms with E-state index in [2.05, 4.69) is 37.7 Å². The van der Waals surface area contributed by atoms with E-state index in [9.17, 15) is 9.59 Å². The fourth-order valence-corrected chi connectivity index (χ4v) is 3.98. The van der Waals surface area contributed by atoms with Crippen molar-refractivity contribution in [3.63, 3.8) is 0 Å². The Kier molecular flexibility index (Phi) is 4.20. The van der Waals surface area contributed by atoms with Gasteiger partial charge in [0.2, 0.25) is 0 Å². The highest BCUT2D eigenvalue weighted by Gasteiger charge is 2.34. The molecule has 2 aliphatic rings. The molecule has 29 heavy (non-hydrogen) atoms. The number of hydrogen-bond acceptors (Lipinski definition) is 7. The molecule has 1 unspecified atom stereocenters. The second-order valence-electron chi connectivity index (χ2n) is 7.46. The third kappa shape index (κ3) is 3.21. The first-order valence-corrected chi connectivity index (χ1v) is 9.57. The number of H-pyrrole nitrogens is 1. The average Bonchev–Trinajstić information content (AvgIpc) is 3.43. The molecule has 3 aromatic heterocycles. The Hall–Kier alpha value is -3.40. The Balaban J connectivity index is 1.50. The van der Waals surface area contributed by atoms with Gasteiger partial charge in [0.15, 0.2) is 11.6 Å². The summed E-state index contributed by atoms with van der Waals surface area (Å²) < 4.78 is 5.77. The number of amides is 3. The van der Waals surface area contributed by atoms with Crippen LogP contribution in [0.2, 0.25) is 0 Å². The number of nitrogens with one attached hydrogen (secondary N) is 3. The predicted molar refractivity (Wildman–Crippen MR) is 105 cm³/mol. The topological polar surface area (TPSA) is 119 Å². The largest absolute Gasteiger partial charge is 0.457 e. The van der Waals surface area contributed by atoms with Crippen LogP contribution in [0.25, 0.3) is 11.1 Å². The maximum absolute atomic E-state index is 11.9. The van der Waals surface area contributed by atoms with Crippen molar-refractivity contribution < 1.29 is 14.0 Å². The van der Waals surface area contributed by atoms with Gasteiger partial charge in [-0.2, -0.15) is 5.10 Å². The molecule has 0 spiro atoms. The van der Waals surface area contributed by atoms with Crippen molar-refractivity contribution >= 4 is 34.5 Å². The Morgan fingerprint density at radius 2 is 2.07 bits per heavy atom. The third-order valence-corrected chi connectivity index (χ3v) is 5.50. The summed E-state index contributed by atoms with van der Waals surface area (Å²) in [5.74, 6) is 0.725. The zero-order chi connectivity index (χ0) is 20.0. The van der Waals surface area contributed by atoms with E-state index in [-0.39, 0.29) is 0 Å². The summed E-state index contributed by atoms with van der Waals surface area (Å²) >= 11 is 0. The fraction of sp³-hybridized carbons (Fsp3) is 0.368. The van der Waals surface area contributed by atoms with Crippen molar-refractivity contribution in [1.82, 2.24) is 30.7 Å². The highest BCUT2D eigenvalue weighted by atomic mass is 16.3. The van der Waals surface area contributed by atoms with Crippen LogP contribution in [0.4, 0.5) is 16.3 Å². The number of rotatable bonds is 4. The summed E-state index contributed by atoms with van der Waals surface area (Å²) in [7, 11) is 2.13. The lowest BCUT2D eigenvalue weighted by Gasteiger charge is -2.37. The first-order valence-electron chi connectivity index (χ1n) is 9.57. The van der Waals surface area contributed by atoms with Crippen LogP contribution in [-0.4, -0.2) is 58.2 Å². The normalized spacial score (nSPS) is 20.8. The molecule has 0 aromatic carbocycles. The molecule has 3 amide bonds. The maximum atomic E-state index is 11.9. The smallest absolute Gasteiger partial charge is 0.322 e. The third-order valence-electron chi connectivity index (χ3n) is 5.50. The van der Waals surface area contributed by atoms with Crippen LogP contribution in [0.15, 0.2) is 35.0 Å². The molecular weight excluding hydrogens is 374 g/mol. The van der Waals surface area contributed by atoms with Crippen LogP contribution in [0.5, 0.6) is 0 Å². The number of carbonyl (C=O) groups excluding carboxylic acids is 2. The number of fused-ring (bicyclic) bond motifs is 1. The zero-order valence-electron chi connectivity index (χ0n) is 15.9. The van der Waals surface area contributed by atoms with Crippen molar-refractivity contribution in [2.75, 3.05) is 25.0 Å². The van der Waals surface area contributed by atoms with Gasteiger partial charge >= 0.3 is 6.03 Å². The predicted octanol–water partition coefficient (Wildman–Crippen LogP) is 1.66. The van der Waals surface area contributed by atoms with E-state index in [1.807, 2.05) is 18.3 Å². The molecule has 3 aromatic rings. The van der Waals surface area contributed by atoms with Crippen LogP contribution < -0.4 is 15.5 Å². The molecule has 2 aliphatic heterocycles. The summed E-state index contributed by atoms with van der Waals surface area (Å²) in [5, 5.41) is 11.7. The van der Waals surface area contributed by atoms with Crippen molar-refractivity contribution in [1.29, 1.82) is 0 Å². The Morgan fingerprint density at radius 3 is 2.76 bits per heavy atom. The van der Waals surface area contributed by atoms with Gasteiger partial charge in [0.05, 0.1) is 11.9 Å². The number of anilines is 2. The Bertz CT molecular complexity index is 1050. The molecule has 0 aliphatic carbocycles. The summed E-state index contributed by atoms with van der Waals surface area (Å²) in [5.41, 5.74) is 2.15. The second-order valence-corrected chi connectivity index (χ2v) is 7.46. The van der Waals surface area contributed by atoms with Crippen LogP contribution >= 0.6 is 0 Å². The average molecular weight is 395 g/mol. The van der Waals surface area contributed by atoms with Crippen LogP contribution in [-0.2, 0) is 4.79 Å². The van der Waals surface area contributed by atoms with Crippen LogP contribution in [0, 0.1) is 0 Å². The van der Waals surface area contributed by atoms with E-state index in [1.165, 1.54) is 0 Å². The van der Waals surface area contributed by atoms with Crippen molar-refractivity contribution in [3.8, 4) is 0 Å². The number of aromatic amines is 1. The number of piperidine rings is 1. The summed E-state index contributed by atoms with van der Waals surface area (Å²) in [4.78, 5) is 32.7. The van der Waals surface area contributed by atoms with E-state index in [1.54, 1.807) is 12.3 Å². The molecule has 10 heteroatoms. The van der Waals surface area contributed by atoms with Crippen molar-refractivity contribution in [2.24, 2.45) is 0 Å². The summed E-state index contributed by atoms with van der Waals surface area (Å²) in [6, 6.07) is 4.41. The van der Waals surface area contributed by atoms with Gasteiger partial charge in [0, 0.05) is 18.3 Å². The molecule has 5 rings (SSSR count). The van der Waals surface area contributed by atoms with E-state index in [0.29, 0.717) is 22.9 Å². The molecule has 150 valence electrons. The number of aromatic nitrogens is 3. The Labute approximate surface area is 166 Å². The van der Waals surface area contributed by atoms with Gasteiger partial charge in [-0.15, -0.1) is 0 Å². The maximum Gasteiger partial charge on any atom is 0.322 e. The minimum absolute atomic E-state index is 0.306. The molecule has 5 heterocycles. The van der Waals surface area contributed by atoms with E-state index >= 15 is 0 Å². The quantitative estimate of drug-likeness (QED) is 0.575. The number of furan rings is 1. The Morgan fingerprint density at radius 1 is 1.24 bits per heavy atom. The van der Waals surface area contributed by atoms with Crippen LogP contribution in [0.1, 0.15) is 24.6 Å². The minimum atomic E-state index is -0.834. The molecular formula is C19H21N7O3. The van der Waals surface area contributed by atoms with Gasteiger partial charge in [-0.3, -0.25) is 15.2 Å². The number of imide groups is 1. The monoisotopic (exact) mass is 395 g/mol. The van der Waals surface area contributed by atoms with Gasteiger partial charge in [-0.05, 0) is 45.1 Å². The lowest BCUT2D eigenvalue weighted by atomic mass is 10.0.